The number of aromatic nitrogens is 4. The molecule has 0 bridgehead atoms. The van der Waals surface area contributed by atoms with Crippen LogP contribution in [0, 0.1) is 6.92 Å². The lowest BCUT2D eigenvalue weighted by Gasteiger charge is -2.36. The first-order chi connectivity index (χ1) is 24.6. The van der Waals surface area contributed by atoms with Crippen LogP contribution in [0.1, 0.15) is 109 Å². The van der Waals surface area contributed by atoms with Crippen LogP contribution in [0.5, 0.6) is 11.5 Å². The Bertz CT molecular complexity index is 2380. The Kier molecular flexibility index (Phi) is 8.89. The van der Waals surface area contributed by atoms with Gasteiger partial charge in [-0.25, -0.2) is 9.67 Å². The van der Waals surface area contributed by atoms with Crippen LogP contribution in [0.15, 0.2) is 104 Å². The molecule has 0 saturated heterocycles. The predicted molar refractivity (Wildman–Crippen MR) is 218 cm³/mol. The summed E-state index contributed by atoms with van der Waals surface area (Å²) < 4.78 is 10.8. The van der Waals surface area contributed by atoms with E-state index in [1.807, 2.05) is 35.3 Å². The van der Waals surface area contributed by atoms with Crippen LogP contribution in [0.3, 0.4) is 0 Å². The number of benzene rings is 4. The van der Waals surface area contributed by atoms with Crippen LogP contribution in [-0.2, 0) is 10.8 Å². The molecule has 3 heterocycles. The molecule has 0 saturated carbocycles. The summed E-state index contributed by atoms with van der Waals surface area (Å²) in [5, 5.41) is 7.32. The third-order valence-corrected chi connectivity index (χ3v) is 10.1. The molecule has 5 heteroatoms. The number of hydrogen-bond donors (Lipinski definition) is 0. The Balaban J connectivity index is 1.31. The molecule has 0 spiro atoms. The summed E-state index contributed by atoms with van der Waals surface area (Å²) in [6.45, 7) is 25.5. The maximum Gasteiger partial charge on any atom is 0.137 e. The fourth-order valence-corrected chi connectivity index (χ4v) is 7.86. The number of pyridine rings is 1. The molecule has 0 radical (unpaired) electrons. The second-order valence-corrected chi connectivity index (χ2v) is 17.0. The van der Waals surface area contributed by atoms with Crippen LogP contribution in [0.2, 0.25) is 0 Å². The second kappa shape index (κ2) is 13.1. The van der Waals surface area contributed by atoms with Crippen LogP contribution in [-0.4, -0.2) is 19.3 Å². The molecule has 52 heavy (non-hydrogen) atoms. The van der Waals surface area contributed by atoms with Crippen molar-refractivity contribution in [2.24, 2.45) is 0 Å². The average Bonchev–Trinajstić information content (AvgIpc) is 3.70. The number of aryl methyl sites for hydroxylation is 1. The van der Waals surface area contributed by atoms with Gasteiger partial charge >= 0.3 is 0 Å². The minimum atomic E-state index is -0.0531. The Labute approximate surface area is 309 Å². The highest BCUT2D eigenvalue weighted by Crippen LogP contribution is 2.47. The van der Waals surface area contributed by atoms with Crippen LogP contribution >= 0.6 is 0 Å². The fourth-order valence-electron chi connectivity index (χ4n) is 7.86. The van der Waals surface area contributed by atoms with E-state index in [9.17, 15) is 0 Å². The van der Waals surface area contributed by atoms with E-state index in [1.54, 1.807) is 0 Å². The normalized spacial score (nSPS) is 12.5. The zero-order chi connectivity index (χ0) is 37.1. The van der Waals surface area contributed by atoms with Crippen molar-refractivity contribution in [2.45, 2.75) is 98.8 Å². The van der Waals surface area contributed by atoms with E-state index in [0.717, 1.165) is 45.0 Å². The zero-order valence-electron chi connectivity index (χ0n) is 32.7. The van der Waals surface area contributed by atoms with Crippen molar-refractivity contribution in [3.63, 3.8) is 0 Å². The topological polar surface area (TPSA) is 44.9 Å². The molecule has 7 aromatic rings. The van der Waals surface area contributed by atoms with Gasteiger partial charge in [-0.3, -0.25) is 4.57 Å². The number of rotatable bonds is 7. The Morgan fingerprint density at radius 1 is 0.654 bits per heavy atom. The quantitative estimate of drug-likeness (QED) is 0.167. The molecule has 0 atom stereocenters. The highest BCUT2D eigenvalue weighted by Gasteiger charge is 2.33. The van der Waals surface area contributed by atoms with E-state index in [4.69, 9.17) is 14.8 Å². The molecule has 0 N–H and O–H groups in total. The summed E-state index contributed by atoms with van der Waals surface area (Å²) in [7, 11) is 0. The minimum absolute atomic E-state index is 0.0531. The van der Waals surface area contributed by atoms with Crippen molar-refractivity contribution in [3.8, 4) is 34.1 Å². The summed E-state index contributed by atoms with van der Waals surface area (Å²) in [5.41, 5.74) is 12.4. The van der Waals surface area contributed by atoms with Gasteiger partial charge in [-0.05, 0) is 105 Å². The smallest absolute Gasteiger partial charge is 0.137 e. The largest absolute Gasteiger partial charge is 0.457 e. The molecule has 0 fully saturated rings. The monoisotopic (exact) mass is 688 g/mol. The Morgan fingerprint density at radius 2 is 1.31 bits per heavy atom. The summed E-state index contributed by atoms with van der Waals surface area (Å²) >= 11 is 0. The highest BCUT2D eigenvalue weighted by atomic mass is 16.5. The van der Waals surface area contributed by atoms with Gasteiger partial charge in [0.1, 0.15) is 17.3 Å². The van der Waals surface area contributed by atoms with E-state index >= 15 is 0 Å². The molecule has 7 rings (SSSR count). The fraction of sp³-hybridized carbons (Fsp3) is 0.319. The van der Waals surface area contributed by atoms with Crippen molar-refractivity contribution in [3.05, 3.63) is 131 Å². The summed E-state index contributed by atoms with van der Waals surface area (Å²) in [6.07, 6.45) is 6.12. The number of para-hydroxylation sites is 1. The van der Waals surface area contributed by atoms with Crippen molar-refractivity contribution < 1.29 is 4.74 Å². The maximum atomic E-state index is 6.59. The number of nitrogens with zero attached hydrogens (tertiary/aromatic N) is 4. The minimum Gasteiger partial charge on any atom is -0.457 e. The Hall–Kier alpha value is -5.16. The lowest BCUT2D eigenvalue weighted by molar-refractivity contribution is 0.483. The SMILES string of the molecule is Cc1ccnc(-n2c3ccccc3c3ccc(Oc4cccc(-n5cc(-c6c(C(C)(C)C)c(C(C)C)cc(C(C)C)c6C(C)(C)C)cn5)c4)cc32)c1. The molecular weight excluding hydrogens is 637 g/mol. The number of fused-ring (bicyclic) bond motifs is 3. The number of hydrogen-bond acceptors (Lipinski definition) is 3. The van der Waals surface area contributed by atoms with E-state index in [-0.39, 0.29) is 10.8 Å². The van der Waals surface area contributed by atoms with Crippen molar-refractivity contribution in [1.29, 1.82) is 0 Å². The molecule has 0 aliphatic rings. The summed E-state index contributed by atoms with van der Waals surface area (Å²) in [5.74, 6) is 3.20. The van der Waals surface area contributed by atoms with E-state index in [2.05, 4.69) is 154 Å². The average molecular weight is 689 g/mol. The number of ether oxygens (including phenoxy) is 1. The third kappa shape index (κ3) is 6.42. The lowest BCUT2D eigenvalue weighted by atomic mass is 9.68. The molecule has 3 aromatic heterocycles. The van der Waals surface area contributed by atoms with Gasteiger partial charge in [-0.2, -0.15) is 5.10 Å². The van der Waals surface area contributed by atoms with Gasteiger partial charge in [0.05, 0.1) is 22.9 Å². The van der Waals surface area contributed by atoms with Gasteiger partial charge in [0.2, 0.25) is 0 Å². The van der Waals surface area contributed by atoms with Gasteiger partial charge in [-0.15, -0.1) is 0 Å². The first kappa shape index (κ1) is 35.3. The van der Waals surface area contributed by atoms with Crippen LogP contribution in [0.4, 0.5) is 0 Å². The second-order valence-electron chi connectivity index (χ2n) is 17.0. The molecule has 0 aliphatic heterocycles. The molecule has 0 unspecified atom stereocenters. The third-order valence-electron chi connectivity index (χ3n) is 10.1. The molecule has 266 valence electrons. The molecular formula is C47H52N4O. The van der Waals surface area contributed by atoms with E-state index in [1.165, 1.54) is 38.8 Å². The zero-order valence-corrected chi connectivity index (χ0v) is 32.7. The van der Waals surface area contributed by atoms with Crippen LogP contribution in [0.25, 0.3) is 44.4 Å². The van der Waals surface area contributed by atoms with E-state index < -0.39 is 0 Å². The molecule has 0 amide bonds. The van der Waals surface area contributed by atoms with Crippen molar-refractivity contribution >= 4 is 21.8 Å². The first-order valence-electron chi connectivity index (χ1n) is 18.6. The predicted octanol–water partition coefficient (Wildman–Crippen LogP) is 13.0. The molecule has 4 aromatic carbocycles. The lowest BCUT2D eigenvalue weighted by Crippen LogP contribution is -2.24. The molecule has 5 nitrogen and oxygen atoms in total. The Morgan fingerprint density at radius 3 is 1.96 bits per heavy atom. The van der Waals surface area contributed by atoms with Gasteiger partial charge in [0.15, 0.2) is 0 Å². The van der Waals surface area contributed by atoms with Crippen LogP contribution < -0.4 is 4.74 Å². The highest BCUT2D eigenvalue weighted by molar-refractivity contribution is 6.09. The van der Waals surface area contributed by atoms with Gasteiger partial charge in [0, 0.05) is 40.9 Å². The summed E-state index contributed by atoms with van der Waals surface area (Å²) in [4.78, 5) is 4.74. The standard InChI is InChI=1S/C47H52N4O/c1-29(2)38-26-39(30(3)4)45(47(9,10)11)43(44(38)46(6,7)8)32-27-49-50(28-32)33-15-14-16-34(24-33)52-35-19-20-37-36-17-12-13-18-40(36)51(41(37)25-35)42-23-31(5)21-22-48-42/h12-30H,1-11H3. The van der Waals surface area contributed by atoms with Gasteiger partial charge < -0.3 is 4.74 Å². The summed E-state index contributed by atoms with van der Waals surface area (Å²) in [6, 6.07) is 29.7. The van der Waals surface area contributed by atoms with Gasteiger partial charge in [0.25, 0.3) is 0 Å². The van der Waals surface area contributed by atoms with Crippen molar-refractivity contribution in [2.75, 3.05) is 0 Å². The first-order valence-corrected chi connectivity index (χ1v) is 18.6. The van der Waals surface area contributed by atoms with E-state index in [0.29, 0.717) is 11.8 Å². The van der Waals surface area contributed by atoms with Crippen molar-refractivity contribution in [1.82, 2.24) is 19.3 Å². The van der Waals surface area contributed by atoms with Gasteiger partial charge in [-0.1, -0.05) is 99.6 Å². The maximum absolute atomic E-state index is 6.59. The molecule has 0 aliphatic carbocycles.